The molecule has 1 aliphatic rings. The molecule has 1 aromatic rings. The molecule has 0 spiro atoms. The van der Waals surface area contributed by atoms with E-state index in [1.54, 1.807) is 0 Å². The molecular formula is C17H26N2O2. The van der Waals surface area contributed by atoms with E-state index in [-0.39, 0.29) is 5.97 Å². The molecule has 1 heterocycles. The lowest BCUT2D eigenvalue weighted by molar-refractivity contribution is 0.0600. The van der Waals surface area contributed by atoms with E-state index in [1.807, 2.05) is 24.3 Å². The summed E-state index contributed by atoms with van der Waals surface area (Å²) in [5.41, 5.74) is 1.86. The van der Waals surface area contributed by atoms with Gasteiger partial charge >= 0.3 is 5.97 Å². The van der Waals surface area contributed by atoms with Crippen LogP contribution in [0.2, 0.25) is 0 Å². The molecule has 2 rings (SSSR count). The number of carbonyl (C=O) groups excluding carboxylic acids is 1. The van der Waals surface area contributed by atoms with Crippen molar-refractivity contribution in [1.82, 2.24) is 9.80 Å². The summed E-state index contributed by atoms with van der Waals surface area (Å²) in [5.74, 6) is -0.274. The number of rotatable bonds is 5. The summed E-state index contributed by atoms with van der Waals surface area (Å²) < 4.78 is 4.72. The maximum Gasteiger partial charge on any atom is 0.337 e. The highest BCUT2D eigenvalue weighted by molar-refractivity contribution is 5.89. The molecule has 0 N–H and O–H groups in total. The molecule has 0 radical (unpaired) electrons. The van der Waals surface area contributed by atoms with Crippen molar-refractivity contribution in [2.75, 3.05) is 33.3 Å². The zero-order valence-electron chi connectivity index (χ0n) is 13.3. The summed E-state index contributed by atoms with van der Waals surface area (Å²) in [6, 6.07) is 8.42. The normalized spacial score (nSPS) is 18.4. The van der Waals surface area contributed by atoms with Gasteiger partial charge in [0.2, 0.25) is 0 Å². The molecular weight excluding hydrogens is 264 g/mol. The van der Waals surface area contributed by atoms with Gasteiger partial charge in [-0.25, -0.2) is 4.79 Å². The SMILES string of the molecule is CCC(C)N1CCN(Cc2ccc(C(=O)OC)cc2)CC1. The summed E-state index contributed by atoms with van der Waals surface area (Å²) in [6.45, 7) is 10.0. The molecule has 0 aromatic heterocycles. The van der Waals surface area contributed by atoms with Gasteiger partial charge in [0.25, 0.3) is 0 Å². The number of nitrogens with zero attached hydrogens (tertiary/aromatic N) is 2. The van der Waals surface area contributed by atoms with E-state index < -0.39 is 0 Å². The fraction of sp³-hybridized carbons (Fsp3) is 0.588. The van der Waals surface area contributed by atoms with Crippen molar-refractivity contribution >= 4 is 5.97 Å². The van der Waals surface area contributed by atoms with E-state index in [0.29, 0.717) is 11.6 Å². The highest BCUT2D eigenvalue weighted by Crippen LogP contribution is 2.13. The monoisotopic (exact) mass is 290 g/mol. The predicted molar refractivity (Wildman–Crippen MR) is 84.4 cm³/mol. The number of benzene rings is 1. The molecule has 21 heavy (non-hydrogen) atoms. The molecule has 1 aliphatic heterocycles. The van der Waals surface area contributed by atoms with Gasteiger partial charge in [-0.1, -0.05) is 19.1 Å². The van der Waals surface area contributed by atoms with Crippen LogP contribution in [0.5, 0.6) is 0 Å². The lowest BCUT2D eigenvalue weighted by Crippen LogP contribution is -2.48. The van der Waals surface area contributed by atoms with Crippen LogP contribution in [0.3, 0.4) is 0 Å². The van der Waals surface area contributed by atoms with Gasteiger partial charge in [-0.3, -0.25) is 9.80 Å². The lowest BCUT2D eigenvalue weighted by Gasteiger charge is -2.37. The minimum absolute atomic E-state index is 0.274. The molecule has 1 aromatic carbocycles. The van der Waals surface area contributed by atoms with Crippen molar-refractivity contribution < 1.29 is 9.53 Å². The molecule has 116 valence electrons. The number of hydrogen-bond donors (Lipinski definition) is 0. The Morgan fingerprint density at radius 1 is 1.19 bits per heavy atom. The van der Waals surface area contributed by atoms with Crippen LogP contribution < -0.4 is 0 Å². The van der Waals surface area contributed by atoms with Gasteiger partial charge in [0.1, 0.15) is 0 Å². The van der Waals surface area contributed by atoms with Crippen LogP contribution in [0.25, 0.3) is 0 Å². The smallest absolute Gasteiger partial charge is 0.337 e. The third kappa shape index (κ3) is 4.29. The maximum atomic E-state index is 11.4. The fourth-order valence-electron chi connectivity index (χ4n) is 2.74. The Bertz CT molecular complexity index is 450. The second-order valence-corrected chi connectivity index (χ2v) is 5.76. The zero-order valence-corrected chi connectivity index (χ0v) is 13.3. The van der Waals surface area contributed by atoms with Crippen molar-refractivity contribution in [1.29, 1.82) is 0 Å². The van der Waals surface area contributed by atoms with E-state index in [1.165, 1.54) is 19.1 Å². The van der Waals surface area contributed by atoms with Crippen LogP contribution >= 0.6 is 0 Å². The van der Waals surface area contributed by atoms with Gasteiger partial charge < -0.3 is 4.74 Å². The van der Waals surface area contributed by atoms with Gasteiger partial charge in [0.15, 0.2) is 0 Å². The van der Waals surface area contributed by atoms with E-state index >= 15 is 0 Å². The quantitative estimate of drug-likeness (QED) is 0.780. The second kappa shape index (κ2) is 7.57. The molecule has 1 saturated heterocycles. The highest BCUT2D eigenvalue weighted by Gasteiger charge is 2.20. The van der Waals surface area contributed by atoms with Crippen LogP contribution in [0, 0.1) is 0 Å². The molecule has 0 saturated carbocycles. The Hall–Kier alpha value is -1.39. The minimum Gasteiger partial charge on any atom is -0.465 e. The second-order valence-electron chi connectivity index (χ2n) is 5.76. The molecule has 0 bridgehead atoms. The summed E-state index contributed by atoms with van der Waals surface area (Å²) in [7, 11) is 1.41. The standard InChI is InChI=1S/C17H26N2O2/c1-4-14(2)19-11-9-18(10-12-19)13-15-5-7-16(8-6-15)17(20)21-3/h5-8,14H,4,9-13H2,1-3H3. The number of esters is 1. The van der Waals surface area contributed by atoms with Gasteiger partial charge in [0.05, 0.1) is 12.7 Å². The Morgan fingerprint density at radius 3 is 2.33 bits per heavy atom. The van der Waals surface area contributed by atoms with E-state index in [0.717, 1.165) is 32.7 Å². The Morgan fingerprint density at radius 2 is 1.81 bits per heavy atom. The summed E-state index contributed by atoms with van der Waals surface area (Å²) in [4.78, 5) is 16.4. The number of methoxy groups -OCH3 is 1. The molecule has 1 atom stereocenters. The molecule has 4 heteroatoms. The van der Waals surface area contributed by atoms with Crippen LogP contribution in [0.4, 0.5) is 0 Å². The maximum absolute atomic E-state index is 11.4. The summed E-state index contributed by atoms with van der Waals surface area (Å²) in [6.07, 6.45) is 1.22. The largest absolute Gasteiger partial charge is 0.465 e. The van der Waals surface area contributed by atoms with Gasteiger partial charge in [-0.05, 0) is 31.0 Å². The number of piperazine rings is 1. The van der Waals surface area contributed by atoms with Crippen LogP contribution in [0.1, 0.15) is 36.2 Å². The van der Waals surface area contributed by atoms with E-state index in [4.69, 9.17) is 4.74 Å². The molecule has 4 nitrogen and oxygen atoms in total. The number of ether oxygens (including phenoxy) is 1. The van der Waals surface area contributed by atoms with Gasteiger partial charge in [-0.15, -0.1) is 0 Å². The highest BCUT2D eigenvalue weighted by atomic mass is 16.5. The van der Waals surface area contributed by atoms with Crippen molar-refractivity contribution in [3.8, 4) is 0 Å². The first kappa shape index (κ1) is 16.0. The molecule has 1 fully saturated rings. The summed E-state index contributed by atoms with van der Waals surface area (Å²) >= 11 is 0. The molecule has 0 aliphatic carbocycles. The number of hydrogen-bond acceptors (Lipinski definition) is 4. The average molecular weight is 290 g/mol. The lowest BCUT2D eigenvalue weighted by atomic mass is 10.1. The molecule has 1 unspecified atom stereocenters. The Kier molecular flexibility index (Phi) is 5.76. The number of carbonyl (C=O) groups is 1. The van der Waals surface area contributed by atoms with E-state index in [9.17, 15) is 4.79 Å². The summed E-state index contributed by atoms with van der Waals surface area (Å²) in [5, 5.41) is 0. The van der Waals surface area contributed by atoms with Gasteiger partial charge in [-0.2, -0.15) is 0 Å². The first-order valence-corrected chi connectivity index (χ1v) is 7.77. The average Bonchev–Trinajstić information content (AvgIpc) is 2.55. The third-order valence-electron chi connectivity index (χ3n) is 4.40. The first-order valence-electron chi connectivity index (χ1n) is 7.77. The van der Waals surface area contributed by atoms with Crippen LogP contribution in [0.15, 0.2) is 24.3 Å². The van der Waals surface area contributed by atoms with Crippen LogP contribution in [-0.2, 0) is 11.3 Å². The van der Waals surface area contributed by atoms with Crippen LogP contribution in [-0.4, -0.2) is 55.1 Å². The predicted octanol–water partition coefficient (Wildman–Crippen LogP) is 2.39. The first-order chi connectivity index (χ1) is 10.1. The molecule has 0 amide bonds. The van der Waals surface area contributed by atoms with E-state index in [2.05, 4.69) is 23.6 Å². The topological polar surface area (TPSA) is 32.8 Å². The Balaban J connectivity index is 1.85. The van der Waals surface area contributed by atoms with Crippen molar-refractivity contribution in [2.45, 2.75) is 32.9 Å². The van der Waals surface area contributed by atoms with Crippen molar-refractivity contribution in [3.63, 3.8) is 0 Å². The van der Waals surface area contributed by atoms with Crippen molar-refractivity contribution in [3.05, 3.63) is 35.4 Å². The Labute approximate surface area is 127 Å². The van der Waals surface area contributed by atoms with Gasteiger partial charge in [0, 0.05) is 38.8 Å². The fourth-order valence-corrected chi connectivity index (χ4v) is 2.74. The minimum atomic E-state index is -0.274. The third-order valence-corrected chi connectivity index (χ3v) is 4.40. The van der Waals surface area contributed by atoms with Crippen molar-refractivity contribution in [2.24, 2.45) is 0 Å². The zero-order chi connectivity index (χ0) is 15.2.